The minimum Gasteiger partial charge on any atom is -0.397 e. The van der Waals surface area contributed by atoms with E-state index in [4.69, 9.17) is 55.5 Å². The fourth-order valence-corrected chi connectivity index (χ4v) is 15.9. The number of rotatable bonds is 11. The van der Waals surface area contributed by atoms with E-state index in [9.17, 15) is 14.4 Å². The summed E-state index contributed by atoms with van der Waals surface area (Å²) in [5.74, 6) is 0.525. The number of anilines is 3. The number of carbonyl (C=O) groups is 3. The standard InChI is InChI=1S/C30H33ClN4O.C28H29ClN4O.C26H25ClN4O.CH4/c1-3-34(4-2)26-19-24-6-5-23-18-25(31)7-8-27(23)29(30(24)33-20-26)22-11-15-35(16-12-22)28(36)17-21-9-13-32-14-10-21;1-2-31-24-17-22-4-3-21-16-23(29)5-6-25(21)27(28(22)32-18-24)20-9-13-33(14-10-20)26(34)15-19-7-11-30-12-8-19;27-21-3-4-23-19(14-21)1-2-20-15-22(28)16-30-26(20)25(23)18-7-11-31(12-8-18)24(32)13-17-5-9-29-10-6-17;/h7-10,13-14,18-20H,3-6,11-12,15-17H2,1-2H3;5-8,11-12,16-18,31H,2-4,9-10,13-15H2,1H3;3-6,9-10,14-16H,1-2,7-8,11-13,28H2;1H4. The van der Waals surface area contributed by atoms with Gasteiger partial charge in [0.15, 0.2) is 0 Å². The van der Waals surface area contributed by atoms with Gasteiger partial charge < -0.3 is 30.7 Å². The van der Waals surface area contributed by atoms with Gasteiger partial charge in [-0.05, 0) is 256 Å². The van der Waals surface area contributed by atoms with E-state index in [0.717, 1.165) is 190 Å². The molecule has 18 heteroatoms. The van der Waals surface area contributed by atoms with E-state index in [2.05, 4.69) is 94.5 Å². The number of benzene rings is 3. The first kappa shape index (κ1) is 73.2. The number of fused-ring (bicyclic) bond motifs is 6. The van der Waals surface area contributed by atoms with Crippen molar-refractivity contribution in [2.45, 2.75) is 125 Å². The second kappa shape index (κ2) is 34.2. The van der Waals surface area contributed by atoms with Crippen molar-refractivity contribution in [3.8, 4) is 0 Å². The number of nitrogens with zero attached hydrogens (tertiary/aromatic N) is 10. The monoisotopic (exact) mass is 1430 g/mol. The number of nitrogens with one attached hydrogen (secondary N) is 1. The van der Waals surface area contributed by atoms with Crippen molar-refractivity contribution in [2.24, 2.45) is 0 Å². The third kappa shape index (κ3) is 17.4. The Hall–Kier alpha value is -9.54. The van der Waals surface area contributed by atoms with E-state index in [0.29, 0.717) is 24.9 Å². The fraction of sp³-hybridized carbons (Fsp3) is 0.329. The van der Waals surface area contributed by atoms with Gasteiger partial charge in [-0.2, -0.15) is 0 Å². The van der Waals surface area contributed by atoms with Crippen molar-refractivity contribution < 1.29 is 14.4 Å². The molecule has 3 aliphatic carbocycles. The SMILES string of the molecule is C.CCN(CC)c1cnc2c(c1)CCc1cc(Cl)ccc1C2=C1CCN(C(=O)Cc2ccncc2)CC1.CCNc1cnc2c(c1)CCc1cc(Cl)ccc1C2=C1CCN(C(=O)Cc2ccncc2)CC1.Nc1cnc2c(c1)CCc1cc(Cl)ccc1C2=C1CCN(C(=O)Cc2ccncc2)CC1. The Morgan fingerprint density at radius 1 is 0.417 bits per heavy atom. The molecule has 0 radical (unpaired) electrons. The number of aryl methyl sites for hydroxylation is 6. The molecule has 3 amide bonds. The van der Waals surface area contributed by atoms with Crippen LogP contribution in [0.2, 0.25) is 15.1 Å². The summed E-state index contributed by atoms with van der Waals surface area (Å²) < 4.78 is 0. The Labute approximate surface area is 621 Å². The van der Waals surface area contributed by atoms with Gasteiger partial charge in [-0.1, -0.05) is 77.1 Å². The normalized spacial score (nSPS) is 15.3. The van der Waals surface area contributed by atoms with Gasteiger partial charge in [0.1, 0.15) is 0 Å². The van der Waals surface area contributed by atoms with Crippen molar-refractivity contribution in [1.82, 2.24) is 44.6 Å². The minimum absolute atomic E-state index is 0. The lowest BCUT2D eigenvalue weighted by Gasteiger charge is -2.30. The smallest absolute Gasteiger partial charge is 0.227 e. The molecule has 3 aliphatic heterocycles. The van der Waals surface area contributed by atoms with Crippen molar-refractivity contribution in [1.29, 1.82) is 0 Å². The largest absolute Gasteiger partial charge is 0.397 e. The zero-order valence-electron chi connectivity index (χ0n) is 58.5. The molecule has 3 N–H and O–H groups in total. The van der Waals surface area contributed by atoms with Gasteiger partial charge in [-0.15, -0.1) is 0 Å². The van der Waals surface area contributed by atoms with Crippen LogP contribution in [0.25, 0.3) is 16.7 Å². The van der Waals surface area contributed by atoms with E-state index < -0.39 is 0 Å². The van der Waals surface area contributed by atoms with E-state index in [1.807, 2.05) is 87.8 Å². The quantitative estimate of drug-likeness (QED) is 0.125. The molecule has 0 bridgehead atoms. The summed E-state index contributed by atoms with van der Waals surface area (Å²) in [5.41, 5.74) is 34.2. The van der Waals surface area contributed by atoms with Gasteiger partial charge in [0, 0.05) is 128 Å². The summed E-state index contributed by atoms with van der Waals surface area (Å²) in [4.78, 5) is 73.9. The van der Waals surface area contributed by atoms with E-state index in [1.165, 1.54) is 89.2 Å². The topological polar surface area (TPSA) is 180 Å². The van der Waals surface area contributed by atoms with Crippen LogP contribution in [0.5, 0.6) is 0 Å². The zero-order valence-corrected chi connectivity index (χ0v) is 60.7. The van der Waals surface area contributed by atoms with Gasteiger partial charge in [0.05, 0.1) is 72.0 Å². The average molecular weight is 1440 g/mol. The molecule has 530 valence electrons. The van der Waals surface area contributed by atoms with Crippen LogP contribution < -0.4 is 16.0 Å². The van der Waals surface area contributed by atoms with Gasteiger partial charge in [-0.3, -0.25) is 44.3 Å². The lowest BCUT2D eigenvalue weighted by Crippen LogP contribution is -2.37. The van der Waals surface area contributed by atoms with E-state index >= 15 is 0 Å². The number of hydrogen-bond acceptors (Lipinski definition) is 12. The molecule has 15 rings (SSSR count). The first-order valence-corrected chi connectivity index (χ1v) is 37.2. The van der Waals surface area contributed by atoms with Crippen LogP contribution in [-0.2, 0) is 72.2 Å². The van der Waals surface area contributed by atoms with Crippen LogP contribution in [0.1, 0.15) is 151 Å². The number of carbonyl (C=O) groups excluding carboxylic acids is 3. The molecule has 0 saturated carbocycles. The molecule has 103 heavy (non-hydrogen) atoms. The first-order valence-electron chi connectivity index (χ1n) is 36.0. The molecule has 9 aromatic rings. The predicted octanol–water partition coefficient (Wildman–Crippen LogP) is 16.2. The molecule has 3 saturated heterocycles. The molecule has 0 atom stereocenters. The maximum Gasteiger partial charge on any atom is 0.227 e. The van der Waals surface area contributed by atoms with E-state index in [-0.39, 0.29) is 25.1 Å². The molecule has 3 fully saturated rings. The van der Waals surface area contributed by atoms with Crippen molar-refractivity contribution in [2.75, 3.05) is 74.9 Å². The molecule has 6 aromatic heterocycles. The fourth-order valence-electron chi connectivity index (χ4n) is 15.3. The third-order valence-corrected chi connectivity index (χ3v) is 21.4. The third-order valence-electron chi connectivity index (χ3n) is 20.7. The highest BCUT2D eigenvalue weighted by Gasteiger charge is 2.32. The van der Waals surface area contributed by atoms with Crippen LogP contribution in [0.3, 0.4) is 0 Å². The maximum absolute atomic E-state index is 13.0. The Morgan fingerprint density at radius 3 is 1.11 bits per heavy atom. The Morgan fingerprint density at radius 2 is 0.748 bits per heavy atom. The number of nitrogens with two attached hydrogens (primary N) is 1. The summed E-state index contributed by atoms with van der Waals surface area (Å²) in [6.07, 6.45) is 28.1. The Kier molecular flexibility index (Phi) is 24.3. The van der Waals surface area contributed by atoms with Gasteiger partial charge in [-0.25, -0.2) is 0 Å². The number of likely N-dealkylation sites (tertiary alicyclic amines) is 3. The van der Waals surface area contributed by atoms with Crippen molar-refractivity contribution in [3.63, 3.8) is 0 Å². The Bertz CT molecular complexity index is 4570. The molecule has 9 heterocycles. The van der Waals surface area contributed by atoms with Crippen LogP contribution >= 0.6 is 34.8 Å². The number of aromatic nitrogens is 6. The number of hydrogen-bond donors (Lipinski definition) is 2. The predicted molar refractivity (Wildman–Crippen MR) is 417 cm³/mol. The lowest BCUT2D eigenvalue weighted by atomic mass is 9.88. The van der Waals surface area contributed by atoms with Gasteiger partial charge in [0.25, 0.3) is 0 Å². The maximum atomic E-state index is 13.0. The summed E-state index contributed by atoms with van der Waals surface area (Å²) in [6.45, 7) is 13.6. The van der Waals surface area contributed by atoms with Crippen LogP contribution in [0.4, 0.5) is 17.1 Å². The molecular weight excluding hydrogens is 1340 g/mol. The molecule has 0 spiro atoms. The summed E-state index contributed by atoms with van der Waals surface area (Å²) in [7, 11) is 0. The summed E-state index contributed by atoms with van der Waals surface area (Å²) in [6, 6.07) is 36.7. The van der Waals surface area contributed by atoms with Crippen LogP contribution in [-0.4, -0.2) is 121 Å². The van der Waals surface area contributed by atoms with Crippen LogP contribution in [0, 0.1) is 0 Å². The summed E-state index contributed by atoms with van der Waals surface area (Å²) in [5, 5.41) is 5.69. The minimum atomic E-state index is 0. The zero-order chi connectivity index (χ0) is 70.6. The summed E-state index contributed by atoms with van der Waals surface area (Å²) >= 11 is 19.1. The first-order chi connectivity index (χ1) is 49.8. The molecule has 3 aromatic carbocycles. The second-order valence-electron chi connectivity index (χ2n) is 27.0. The number of nitrogen functional groups attached to an aromatic ring is 1. The molecular formula is C85H91Cl3N12O3. The molecule has 6 aliphatic rings. The highest BCUT2D eigenvalue weighted by Crippen LogP contribution is 2.43. The van der Waals surface area contributed by atoms with Gasteiger partial charge in [0.2, 0.25) is 17.7 Å². The Balaban J connectivity index is 0.000000145. The average Bonchev–Trinajstić information content (AvgIpc) is 1.73. The highest BCUT2D eigenvalue weighted by atomic mass is 35.5. The number of piperidine rings is 3. The van der Waals surface area contributed by atoms with Crippen LogP contribution in [0.15, 0.2) is 182 Å². The highest BCUT2D eigenvalue weighted by molar-refractivity contribution is 6.31. The van der Waals surface area contributed by atoms with Crippen molar-refractivity contribution >= 4 is 86.3 Å². The van der Waals surface area contributed by atoms with Gasteiger partial charge >= 0.3 is 0 Å². The lowest BCUT2D eigenvalue weighted by molar-refractivity contribution is -0.131. The number of halogens is 3. The second-order valence-corrected chi connectivity index (χ2v) is 28.3. The number of pyridine rings is 6. The molecule has 0 unspecified atom stereocenters. The number of amides is 3. The van der Waals surface area contributed by atoms with Crippen molar-refractivity contribution in [3.05, 3.63) is 281 Å². The van der Waals surface area contributed by atoms with E-state index in [1.54, 1.807) is 43.4 Å². The molecule has 15 nitrogen and oxygen atoms in total.